The van der Waals surface area contributed by atoms with Gasteiger partial charge < -0.3 is 20.1 Å². The summed E-state index contributed by atoms with van der Waals surface area (Å²) in [4.78, 5) is 28.0. The number of amides is 2. The van der Waals surface area contributed by atoms with Crippen molar-refractivity contribution in [2.45, 2.75) is 46.7 Å². The fraction of sp³-hybridized carbons (Fsp3) is 0.652. The molecule has 0 bridgehead atoms. The van der Waals surface area contributed by atoms with E-state index >= 15 is 0 Å². The Kier molecular flexibility index (Phi) is 9.59. The molecule has 1 saturated heterocycles. The molecular formula is C23H37N3O4. The maximum Gasteiger partial charge on any atom is 0.251 e. The van der Waals surface area contributed by atoms with Crippen LogP contribution in [0, 0.1) is 11.8 Å². The number of ether oxygens (including phenoxy) is 2. The van der Waals surface area contributed by atoms with Crippen molar-refractivity contribution in [3.8, 4) is 5.75 Å². The molecule has 168 valence electrons. The molecule has 0 spiro atoms. The molecule has 2 atom stereocenters. The van der Waals surface area contributed by atoms with E-state index in [1.165, 1.54) is 0 Å². The van der Waals surface area contributed by atoms with E-state index in [4.69, 9.17) is 9.47 Å². The van der Waals surface area contributed by atoms with E-state index in [0.717, 1.165) is 32.1 Å². The highest BCUT2D eigenvalue weighted by Gasteiger charge is 2.28. The number of carbonyl (C=O) groups is 2. The quantitative estimate of drug-likeness (QED) is 0.608. The van der Waals surface area contributed by atoms with Crippen molar-refractivity contribution in [2.24, 2.45) is 11.8 Å². The summed E-state index contributed by atoms with van der Waals surface area (Å²) in [6, 6.07) is 6.59. The van der Waals surface area contributed by atoms with Gasteiger partial charge in [0.15, 0.2) is 0 Å². The van der Waals surface area contributed by atoms with Crippen LogP contribution in [0.5, 0.6) is 5.75 Å². The van der Waals surface area contributed by atoms with Crippen molar-refractivity contribution in [3.05, 3.63) is 29.8 Å². The molecular weight excluding hydrogens is 382 g/mol. The SMILES string of the molecule is CCOc1ccc(C(=O)N[C@H](C(=O)NC[C@H](C(C)C)N2CCOCC2)C(C)C)cc1. The first-order valence-corrected chi connectivity index (χ1v) is 11.0. The predicted molar refractivity (Wildman–Crippen MR) is 118 cm³/mol. The van der Waals surface area contributed by atoms with E-state index < -0.39 is 6.04 Å². The van der Waals surface area contributed by atoms with Crippen LogP contribution in [0.4, 0.5) is 0 Å². The standard InChI is InChI=1S/C23H37N3O4/c1-6-30-19-9-7-18(8-10-19)22(27)25-21(17(4)5)23(28)24-15-20(16(2)3)26-11-13-29-14-12-26/h7-10,16-17,20-21H,6,11-15H2,1-5H3,(H,24,28)(H,25,27)/t20-,21+/m1/s1. The lowest BCUT2D eigenvalue weighted by molar-refractivity contribution is -0.124. The smallest absolute Gasteiger partial charge is 0.251 e. The minimum absolute atomic E-state index is 0.0301. The third-order valence-electron chi connectivity index (χ3n) is 5.43. The molecule has 7 heteroatoms. The molecule has 2 amide bonds. The van der Waals surface area contributed by atoms with Crippen molar-refractivity contribution in [3.63, 3.8) is 0 Å². The topological polar surface area (TPSA) is 79.9 Å². The van der Waals surface area contributed by atoms with Crippen LogP contribution in [0.2, 0.25) is 0 Å². The van der Waals surface area contributed by atoms with Gasteiger partial charge in [-0.15, -0.1) is 0 Å². The summed E-state index contributed by atoms with van der Waals surface area (Å²) in [5.74, 6) is 0.676. The van der Waals surface area contributed by atoms with Gasteiger partial charge in [-0.2, -0.15) is 0 Å². The average Bonchev–Trinajstić information content (AvgIpc) is 2.73. The van der Waals surface area contributed by atoms with E-state index in [1.54, 1.807) is 24.3 Å². The van der Waals surface area contributed by atoms with Gasteiger partial charge in [-0.05, 0) is 43.0 Å². The van der Waals surface area contributed by atoms with E-state index in [-0.39, 0.29) is 23.8 Å². The lowest BCUT2D eigenvalue weighted by Gasteiger charge is -2.37. The summed E-state index contributed by atoms with van der Waals surface area (Å²) in [5, 5.41) is 5.96. The van der Waals surface area contributed by atoms with E-state index in [0.29, 0.717) is 24.6 Å². The summed E-state index contributed by atoms with van der Waals surface area (Å²) < 4.78 is 10.9. The Labute approximate surface area is 180 Å². The van der Waals surface area contributed by atoms with Crippen LogP contribution in [0.15, 0.2) is 24.3 Å². The van der Waals surface area contributed by atoms with Crippen molar-refractivity contribution in [2.75, 3.05) is 39.5 Å². The lowest BCUT2D eigenvalue weighted by atomic mass is 10.00. The summed E-state index contributed by atoms with van der Waals surface area (Å²) in [5.41, 5.74) is 0.505. The van der Waals surface area contributed by atoms with Gasteiger partial charge in [-0.1, -0.05) is 27.7 Å². The number of nitrogens with one attached hydrogen (secondary N) is 2. The zero-order valence-electron chi connectivity index (χ0n) is 18.9. The van der Waals surface area contributed by atoms with Gasteiger partial charge in [0, 0.05) is 31.2 Å². The minimum atomic E-state index is -0.596. The van der Waals surface area contributed by atoms with Gasteiger partial charge in [-0.25, -0.2) is 0 Å². The van der Waals surface area contributed by atoms with Gasteiger partial charge in [0.2, 0.25) is 5.91 Å². The molecule has 2 N–H and O–H groups in total. The molecule has 1 heterocycles. The number of rotatable bonds is 10. The van der Waals surface area contributed by atoms with Crippen LogP contribution in [-0.2, 0) is 9.53 Å². The molecule has 7 nitrogen and oxygen atoms in total. The third kappa shape index (κ3) is 6.99. The first-order valence-electron chi connectivity index (χ1n) is 11.0. The molecule has 1 fully saturated rings. The van der Waals surface area contributed by atoms with E-state index in [2.05, 4.69) is 29.4 Å². The fourth-order valence-corrected chi connectivity index (χ4v) is 3.64. The molecule has 0 aliphatic carbocycles. The van der Waals surface area contributed by atoms with E-state index in [1.807, 2.05) is 20.8 Å². The minimum Gasteiger partial charge on any atom is -0.494 e. The Morgan fingerprint density at radius 2 is 1.70 bits per heavy atom. The second-order valence-corrected chi connectivity index (χ2v) is 8.36. The number of benzene rings is 1. The Hall–Kier alpha value is -2.12. The second kappa shape index (κ2) is 11.9. The summed E-state index contributed by atoms with van der Waals surface area (Å²) in [6.07, 6.45) is 0. The zero-order valence-corrected chi connectivity index (χ0v) is 18.9. The Morgan fingerprint density at radius 3 is 2.23 bits per heavy atom. The number of hydrogen-bond acceptors (Lipinski definition) is 5. The first-order chi connectivity index (χ1) is 14.3. The maximum absolute atomic E-state index is 12.9. The zero-order chi connectivity index (χ0) is 22.1. The number of morpholine rings is 1. The normalized spacial score (nSPS) is 16.9. The van der Waals surface area contributed by atoms with Gasteiger partial charge in [-0.3, -0.25) is 14.5 Å². The summed E-state index contributed by atoms with van der Waals surface area (Å²) in [6.45, 7) is 14.4. The first kappa shape index (κ1) is 24.2. The van der Waals surface area contributed by atoms with Gasteiger partial charge >= 0.3 is 0 Å². The predicted octanol–water partition coefficient (Wildman–Crippen LogP) is 2.31. The molecule has 1 aromatic rings. The van der Waals surface area contributed by atoms with Gasteiger partial charge in [0.05, 0.1) is 19.8 Å². The summed E-state index contributed by atoms with van der Waals surface area (Å²) >= 11 is 0. The van der Waals surface area contributed by atoms with Crippen LogP contribution in [0.1, 0.15) is 45.0 Å². The molecule has 1 aromatic carbocycles. The number of hydrogen-bond donors (Lipinski definition) is 2. The van der Waals surface area contributed by atoms with Crippen molar-refractivity contribution in [1.82, 2.24) is 15.5 Å². The van der Waals surface area contributed by atoms with Crippen LogP contribution >= 0.6 is 0 Å². The molecule has 1 aliphatic rings. The number of nitrogens with zero attached hydrogens (tertiary/aromatic N) is 1. The molecule has 30 heavy (non-hydrogen) atoms. The van der Waals surface area contributed by atoms with Crippen LogP contribution in [0.3, 0.4) is 0 Å². The highest BCUT2D eigenvalue weighted by atomic mass is 16.5. The third-order valence-corrected chi connectivity index (χ3v) is 5.43. The Balaban J connectivity index is 1.96. The van der Waals surface area contributed by atoms with E-state index in [9.17, 15) is 9.59 Å². The van der Waals surface area contributed by atoms with Gasteiger partial charge in [0.25, 0.3) is 5.91 Å². The van der Waals surface area contributed by atoms with Gasteiger partial charge in [0.1, 0.15) is 11.8 Å². The van der Waals surface area contributed by atoms with Crippen molar-refractivity contribution >= 4 is 11.8 Å². The molecule has 0 radical (unpaired) electrons. The van der Waals surface area contributed by atoms with Crippen molar-refractivity contribution < 1.29 is 19.1 Å². The highest BCUT2D eigenvalue weighted by molar-refractivity contribution is 5.97. The molecule has 1 aliphatic heterocycles. The van der Waals surface area contributed by atoms with Crippen LogP contribution < -0.4 is 15.4 Å². The molecule has 0 aromatic heterocycles. The number of carbonyl (C=O) groups excluding carboxylic acids is 2. The lowest BCUT2D eigenvalue weighted by Crippen LogP contribution is -2.55. The molecule has 2 rings (SSSR count). The van der Waals surface area contributed by atoms with Crippen molar-refractivity contribution in [1.29, 1.82) is 0 Å². The summed E-state index contributed by atoms with van der Waals surface area (Å²) in [7, 11) is 0. The Morgan fingerprint density at radius 1 is 1.07 bits per heavy atom. The molecule has 0 saturated carbocycles. The fourth-order valence-electron chi connectivity index (χ4n) is 3.64. The average molecular weight is 420 g/mol. The maximum atomic E-state index is 12.9. The Bertz CT molecular complexity index is 670. The second-order valence-electron chi connectivity index (χ2n) is 8.36. The monoisotopic (exact) mass is 419 g/mol. The molecule has 0 unspecified atom stereocenters. The highest BCUT2D eigenvalue weighted by Crippen LogP contribution is 2.14. The van der Waals surface area contributed by atoms with Crippen LogP contribution in [0.25, 0.3) is 0 Å². The largest absolute Gasteiger partial charge is 0.494 e. The van der Waals surface area contributed by atoms with Crippen LogP contribution in [-0.4, -0.2) is 68.3 Å².